The van der Waals surface area contributed by atoms with Crippen LogP contribution in [-0.2, 0) is 11.2 Å². The molecule has 98 valence electrons. The maximum atomic E-state index is 12.0. The molecule has 0 aliphatic carbocycles. The number of carbonyl (C=O) groups is 1. The Balaban J connectivity index is 1.54. The van der Waals surface area contributed by atoms with Crippen molar-refractivity contribution in [2.45, 2.75) is 44.2 Å². The molecule has 0 radical (unpaired) electrons. The maximum absolute atomic E-state index is 12.0. The number of piperidine rings is 1. The third-order valence-corrected chi connectivity index (χ3v) is 4.99. The Hall–Kier alpha value is -0.870. The molecule has 0 saturated carbocycles. The molecule has 2 aliphatic heterocycles. The maximum Gasteiger partial charge on any atom is 0.225 e. The van der Waals surface area contributed by atoms with Gasteiger partial charge in [-0.25, -0.2) is 0 Å². The lowest BCUT2D eigenvalue weighted by molar-refractivity contribution is -0.121. The van der Waals surface area contributed by atoms with E-state index in [0.29, 0.717) is 18.5 Å². The molecule has 1 amide bonds. The molecule has 3 rings (SSSR count). The lowest BCUT2D eigenvalue weighted by atomic mass is 9.99. The van der Waals surface area contributed by atoms with Gasteiger partial charge in [-0.1, -0.05) is 12.5 Å². The first kappa shape index (κ1) is 12.2. The summed E-state index contributed by atoms with van der Waals surface area (Å²) in [6.07, 6.45) is 5.57. The van der Waals surface area contributed by atoms with Crippen LogP contribution in [-0.4, -0.2) is 36.0 Å². The highest BCUT2D eigenvalue weighted by atomic mass is 32.1. The molecular formula is C14H20N2OS. The Kier molecular flexibility index (Phi) is 3.66. The van der Waals surface area contributed by atoms with Gasteiger partial charge >= 0.3 is 0 Å². The molecular weight excluding hydrogens is 244 g/mol. The van der Waals surface area contributed by atoms with Crippen molar-refractivity contribution in [2.75, 3.05) is 13.1 Å². The van der Waals surface area contributed by atoms with E-state index < -0.39 is 0 Å². The molecule has 2 atom stereocenters. The van der Waals surface area contributed by atoms with Gasteiger partial charge in [-0.15, -0.1) is 11.3 Å². The van der Waals surface area contributed by atoms with Crippen LogP contribution in [0.4, 0.5) is 0 Å². The zero-order valence-corrected chi connectivity index (χ0v) is 11.4. The number of nitrogens with zero attached hydrogens (tertiary/aromatic N) is 1. The van der Waals surface area contributed by atoms with Crippen LogP contribution in [0.25, 0.3) is 0 Å². The second-order valence-electron chi connectivity index (χ2n) is 5.32. The first-order chi connectivity index (χ1) is 8.83. The summed E-state index contributed by atoms with van der Waals surface area (Å²) in [4.78, 5) is 15.7. The minimum absolute atomic E-state index is 0.190. The highest BCUT2D eigenvalue weighted by Crippen LogP contribution is 2.27. The molecule has 3 heterocycles. The predicted octanol–water partition coefficient (Wildman–Crippen LogP) is 2.03. The molecule has 0 aromatic carbocycles. The van der Waals surface area contributed by atoms with Gasteiger partial charge in [0.25, 0.3) is 0 Å². The van der Waals surface area contributed by atoms with Crippen molar-refractivity contribution in [3.8, 4) is 0 Å². The van der Waals surface area contributed by atoms with E-state index in [1.54, 1.807) is 11.3 Å². The van der Waals surface area contributed by atoms with Gasteiger partial charge in [0, 0.05) is 23.5 Å². The van der Waals surface area contributed by atoms with Crippen molar-refractivity contribution in [1.82, 2.24) is 10.2 Å². The summed E-state index contributed by atoms with van der Waals surface area (Å²) in [6, 6.07) is 5.03. The van der Waals surface area contributed by atoms with Crippen molar-refractivity contribution >= 4 is 17.2 Å². The standard InChI is InChI=1S/C14H20N2OS/c17-14(10-11-4-3-9-18-11)15-12-6-8-16-7-2-1-5-13(12)16/h3-4,9,12-13H,1-2,5-8,10H2,(H,15,17)/t12-,13+/m1/s1. The number of carbonyl (C=O) groups excluding carboxylic acids is 1. The Morgan fingerprint density at radius 1 is 1.39 bits per heavy atom. The summed E-state index contributed by atoms with van der Waals surface area (Å²) in [7, 11) is 0. The fraction of sp³-hybridized carbons (Fsp3) is 0.643. The number of nitrogens with one attached hydrogen (secondary N) is 1. The number of hydrogen-bond acceptors (Lipinski definition) is 3. The Morgan fingerprint density at radius 2 is 2.33 bits per heavy atom. The first-order valence-corrected chi connectivity index (χ1v) is 7.77. The summed E-state index contributed by atoms with van der Waals surface area (Å²) in [5, 5.41) is 5.27. The van der Waals surface area contributed by atoms with Crippen LogP contribution in [0.1, 0.15) is 30.6 Å². The summed E-state index contributed by atoms with van der Waals surface area (Å²) in [5.74, 6) is 0.190. The summed E-state index contributed by atoms with van der Waals surface area (Å²) in [5.41, 5.74) is 0. The van der Waals surface area contributed by atoms with Gasteiger partial charge in [-0.05, 0) is 37.3 Å². The number of fused-ring (bicyclic) bond motifs is 1. The zero-order valence-electron chi connectivity index (χ0n) is 10.6. The van der Waals surface area contributed by atoms with Gasteiger partial charge in [-0.2, -0.15) is 0 Å². The van der Waals surface area contributed by atoms with Gasteiger partial charge < -0.3 is 5.32 Å². The fourth-order valence-electron chi connectivity index (χ4n) is 3.24. The number of amides is 1. The lowest BCUT2D eigenvalue weighted by Crippen LogP contribution is -2.47. The number of hydrogen-bond donors (Lipinski definition) is 1. The average molecular weight is 264 g/mol. The molecule has 2 saturated heterocycles. The van der Waals surface area contributed by atoms with Crippen LogP contribution in [0.3, 0.4) is 0 Å². The monoisotopic (exact) mass is 264 g/mol. The highest BCUT2D eigenvalue weighted by Gasteiger charge is 2.36. The van der Waals surface area contributed by atoms with Crippen LogP contribution >= 0.6 is 11.3 Å². The van der Waals surface area contributed by atoms with Gasteiger partial charge in [0.15, 0.2) is 0 Å². The smallest absolute Gasteiger partial charge is 0.225 e. The molecule has 18 heavy (non-hydrogen) atoms. The third kappa shape index (κ3) is 2.59. The minimum atomic E-state index is 0.190. The fourth-order valence-corrected chi connectivity index (χ4v) is 3.95. The van der Waals surface area contributed by atoms with Crippen molar-refractivity contribution in [1.29, 1.82) is 0 Å². The SMILES string of the molecule is O=C(Cc1cccs1)N[C@@H]1CCN2CCCC[C@@H]12. The van der Waals surface area contributed by atoms with Crippen LogP contribution in [0.15, 0.2) is 17.5 Å². The van der Waals surface area contributed by atoms with Gasteiger partial charge in [0.05, 0.1) is 6.42 Å². The first-order valence-electron chi connectivity index (χ1n) is 6.89. The molecule has 1 aromatic rings. The van der Waals surface area contributed by atoms with E-state index in [4.69, 9.17) is 0 Å². The quantitative estimate of drug-likeness (QED) is 0.906. The van der Waals surface area contributed by atoms with Gasteiger partial charge in [0.2, 0.25) is 5.91 Å². The second-order valence-corrected chi connectivity index (χ2v) is 6.35. The van der Waals surface area contributed by atoms with E-state index in [1.165, 1.54) is 25.8 Å². The Labute approximate surface area is 112 Å². The predicted molar refractivity (Wildman–Crippen MR) is 73.8 cm³/mol. The van der Waals surface area contributed by atoms with Crippen LogP contribution in [0, 0.1) is 0 Å². The van der Waals surface area contributed by atoms with Gasteiger partial charge in [0.1, 0.15) is 0 Å². The summed E-state index contributed by atoms with van der Waals surface area (Å²) >= 11 is 1.66. The molecule has 2 fully saturated rings. The molecule has 0 bridgehead atoms. The van der Waals surface area contributed by atoms with Crippen LogP contribution < -0.4 is 5.32 Å². The molecule has 4 heteroatoms. The topological polar surface area (TPSA) is 32.3 Å². The van der Waals surface area contributed by atoms with Crippen LogP contribution in [0.2, 0.25) is 0 Å². The molecule has 1 N–H and O–H groups in total. The number of thiophene rings is 1. The molecule has 2 aliphatic rings. The van der Waals surface area contributed by atoms with Crippen LogP contribution in [0.5, 0.6) is 0 Å². The van der Waals surface area contributed by atoms with Crippen molar-refractivity contribution in [3.63, 3.8) is 0 Å². The largest absolute Gasteiger partial charge is 0.351 e. The van der Waals surface area contributed by atoms with E-state index in [1.807, 2.05) is 17.5 Å². The minimum Gasteiger partial charge on any atom is -0.351 e. The lowest BCUT2D eigenvalue weighted by Gasteiger charge is -2.32. The molecule has 0 unspecified atom stereocenters. The molecule has 0 spiro atoms. The summed E-state index contributed by atoms with van der Waals surface area (Å²) < 4.78 is 0. The molecule has 3 nitrogen and oxygen atoms in total. The third-order valence-electron chi connectivity index (χ3n) is 4.12. The Bertz CT molecular complexity index is 404. The van der Waals surface area contributed by atoms with Gasteiger partial charge in [-0.3, -0.25) is 9.69 Å². The zero-order chi connectivity index (χ0) is 12.4. The van der Waals surface area contributed by atoms with Crippen molar-refractivity contribution in [3.05, 3.63) is 22.4 Å². The van der Waals surface area contributed by atoms with Crippen molar-refractivity contribution < 1.29 is 4.79 Å². The normalized spacial score (nSPS) is 28.0. The number of rotatable bonds is 3. The van der Waals surface area contributed by atoms with E-state index in [0.717, 1.165) is 17.8 Å². The van der Waals surface area contributed by atoms with E-state index in [-0.39, 0.29) is 5.91 Å². The van der Waals surface area contributed by atoms with E-state index in [2.05, 4.69) is 10.2 Å². The van der Waals surface area contributed by atoms with E-state index in [9.17, 15) is 4.79 Å². The van der Waals surface area contributed by atoms with E-state index >= 15 is 0 Å². The summed E-state index contributed by atoms with van der Waals surface area (Å²) in [6.45, 7) is 2.39. The Morgan fingerprint density at radius 3 is 3.17 bits per heavy atom. The average Bonchev–Trinajstić information content (AvgIpc) is 3.00. The highest BCUT2D eigenvalue weighted by molar-refractivity contribution is 7.10. The molecule has 1 aromatic heterocycles. The second kappa shape index (κ2) is 5.41. The van der Waals surface area contributed by atoms with Crippen molar-refractivity contribution in [2.24, 2.45) is 0 Å².